The van der Waals surface area contributed by atoms with E-state index in [-0.39, 0.29) is 5.54 Å². The molecular formula is C14H21N3O. The Kier molecular flexibility index (Phi) is 2.17. The molecule has 2 aliphatic carbocycles. The molecule has 0 aromatic heterocycles. The van der Waals surface area contributed by atoms with Crippen LogP contribution in [0.15, 0.2) is 4.99 Å². The average molecular weight is 247 g/mol. The van der Waals surface area contributed by atoms with E-state index in [1.165, 1.54) is 12.8 Å². The molecule has 0 aromatic carbocycles. The Balaban J connectivity index is 1.64. The number of nitrogens with one attached hydrogen (secondary N) is 1. The van der Waals surface area contributed by atoms with E-state index in [4.69, 9.17) is 4.99 Å². The Morgan fingerprint density at radius 1 is 1.39 bits per heavy atom. The Hall–Kier alpha value is -0.900. The van der Waals surface area contributed by atoms with Gasteiger partial charge < -0.3 is 5.32 Å². The van der Waals surface area contributed by atoms with Gasteiger partial charge in [0.25, 0.3) is 5.91 Å². The number of amidine groups is 1. The van der Waals surface area contributed by atoms with Crippen LogP contribution in [0.4, 0.5) is 0 Å². The van der Waals surface area contributed by atoms with E-state index < -0.39 is 0 Å². The SMILES string of the molecule is CC1=N[C@@]2(CC[C@@H]3CNC[C@@H]32)C(=O)N1CC1CC1. The first-order valence-electron chi connectivity index (χ1n) is 7.30. The average Bonchev–Trinajstić information content (AvgIpc) is 2.83. The van der Waals surface area contributed by atoms with Gasteiger partial charge in [-0.05, 0) is 51.0 Å². The first kappa shape index (κ1) is 11.0. The van der Waals surface area contributed by atoms with Crippen molar-refractivity contribution in [1.29, 1.82) is 0 Å². The van der Waals surface area contributed by atoms with Crippen LogP contribution in [0.2, 0.25) is 0 Å². The van der Waals surface area contributed by atoms with E-state index in [1.54, 1.807) is 0 Å². The maximum atomic E-state index is 12.8. The third-order valence-electron chi connectivity index (χ3n) is 5.35. The molecule has 3 atom stereocenters. The van der Waals surface area contributed by atoms with Gasteiger partial charge in [0.15, 0.2) is 0 Å². The van der Waals surface area contributed by atoms with Crippen LogP contribution >= 0.6 is 0 Å². The van der Waals surface area contributed by atoms with E-state index >= 15 is 0 Å². The zero-order valence-corrected chi connectivity index (χ0v) is 11.0. The standard InChI is InChI=1S/C14H21N3O/c1-9-16-14(5-4-11-6-15-7-12(11)14)13(18)17(9)8-10-2-3-10/h10-12,15H,2-8H2,1H3/t11-,12+,14-/m1/s1. The number of hydrogen-bond acceptors (Lipinski definition) is 3. The van der Waals surface area contributed by atoms with Gasteiger partial charge in [-0.25, -0.2) is 0 Å². The third-order valence-corrected chi connectivity index (χ3v) is 5.35. The van der Waals surface area contributed by atoms with Gasteiger partial charge in [0.05, 0.1) is 0 Å². The molecule has 1 N–H and O–H groups in total. The van der Waals surface area contributed by atoms with Crippen LogP contribution in [0.1, 0.15) is 32.6 Å². The van der Waals surface area contributed by atoms with E-state index in [2.05, 4.69) is 5.32 Å². The number of aliphatic imine (C=N–C) groups is 1. The van der Waals surface area contributed by atoms with E-state index in [0.717, 1.165) is 44.2 Å². The molecule has 1 amide bonds. The fraction of sp³-hybridized carbons (Fsp3) is 0.857. The Morgan fingerprint density at radius 3 is 3.00 bits per heavy atom. The molecule has 0 radical (unpaired) electrons. The Morgan fingerprint density at radius 2 is 2.22 bits per heavy atom. The first-order valence-corrected chi connectivity index (χ1v) is 7.30. The lowest BCUT2D eigenvalue weighted by atomic mass is 9.85. The van der Waals surface area contributed by atoms with Crippen molar-refractivity contribution in [3.8, 4) is 0 Å². The summed E-state index contributed by atoms with van der Waals surface area (Å²) in [6.45, 7) is 4.99. The number of nitrogens with zero attached hydrogens (tertiary/aromatic N) is 2. The maximum Gasteiger partial charge on any atom is 0.256 e. The molecular weight excluding hydrogens is 226 g/mol. The summed E-state index contributed by atoms with van der Waals surface area (Å²) in [4.78, 5) is 19.7. The highest BCUT2D eigenvalue weighted by Gasteiger charge is 2.59. The summed E-state index contributed by atoms with van der Waals surface area (Å²) in [5, 5.41) is 3.44. The molecule has 1 spiro atoms. The highest BCUT2D eigenvalue weighted by atomic mass is 16.2. The van der Waals surface area contributed by atoms with Gasteiger partial charge in [-0.3, -0.25) is 14.7 Å². The van der Waals surface area contributed by atoms with Gasteiger partial charge in [-0.15, -0.1) is 0 Å². The maximum absolute atomic E-state index is 12.8. The van der Waals surface area contributed by atoms with Crippen molar-refractivity contribution in [2.75, 3.05) is 19.6 Å². The Bertz CT molecular complexity index is 429. The summed E-state index contributed by atoms with van der Waals surface area (Å²) >= 11 is 0. The zero-order valence-electron chi connectivity index (χ0n) is 11.0. The number of amides is 1. The van der Waals surface area contributed by atoms with Crippen molar-refractivity contribution >= 4 is 11.7 Å². The minimum absolute atomic E-state index is 0.308. The fourth-order valence-corrected chi connectivity index (χ4v) is 4.14. The monoisotopic (exact) mass is 247 g/mol. The van der Waals surface area contributed by atoms with Gasteiger partial charge in [-0.2, -0.15) is 0 Å². The number of rotatable bonds is 2. The van der Waals surface area contributed by atoms with Gasteiger partial charge in [0.2, 0.25) is 0 Å². The van der Waals surface area contributed by atoms with Crippen LogP contribution in [-0.2, 0) is 4.79 Å². The summed E-state index contributed by atoms with van der Waals surface area (Å²) in [6, 6.07) is 0. The molecule has 3 fully saturated rings. The minimum Gasteiger partial charge on any atom is -0.316 e. The third kappa shape index (κ3) is 1.35. The molecule has 0 aromatic rings. The van der Waals surface area contributed by atoms with Crippen LogP contribution in [0, 0.1) is 17.8 Å². The van der Waals surface area contributed by atoms with E-state index in [0.29, 0.717) is 17.7 Å². The molecule has 2 heterocycles. The largest absolute Gasteiger partial charge is 0.316 e. The second-order valence-electron chi connectivity index (χ2n) is 6.51. The lowest BCUT2D eigenvalue weighted by Crippen LogP contribution is -2.46. The predicted molar refractivity (Wildman–Crippen MR) is 69.4 cm³/mol. The molecule has 18 heavy (non-hydrogen) atoms. The summed E-state index contributed by atoms with van der Waals surface area (Å²) in [5.74, 6) is 3.14. The first-order chi connectivity index (χ1) is 8.71. The van der Waals surface area contributed by atoms with Crippen LogP contribution in [0.5, 0.6) is 0 Å². The van der Waals surface area contributed by atoms with Gasteiger partial charge in [-0.1, -0.05) is 0 Å². The lowest BCUT2D eigenvalue weighted by Gasteiger charge is -2.27. The van der Waals surface area contributed by atoms with Crippen molar-refractivity contribution in [3.63, 3.8) is 0 Å². The second kappa shape index (κ2) is 3.56. The summed E-state index contributed by atoms with van der Waals surface area (Å²) in [5.41, 5.74) is -0.382. The number of carbonyl (C=O) groups is 1. The number of carbonyl (C=O) groups excluding carboxylic acids is 1. The van der Waals surface area contributed by atoms with Gasteiger partial charge in [0.1, 0.15) is 11.4 Å². The topological polar surface area (TPSA) is 44.7 Å². The summed E-state index contributed by atoms with van der Waals surface area (Å²) in [6.07, 6.45) is 4.72. The molecule has 1 saturated heterocycles. The summed E-state index contributed by atoms with van der Waals surface area (Å²) in [7, 11) is 0. The lowest BCUT2D eigenvalue weighted by molar-refractivity contribution is -0.132. The second-order valence-corrected chi connectivity index (χ2v) is 6.51. The molecule has 4 nitrogen and oxygen atoms in total. The highest BCUT2D eigenvalue weighted by molar-refractivity contribution is 6.07. The molecule has 0 unspecified atom stereocenters. The molecule has 0 bridgehead atoms. The van der Waals surface area contributed by atoms with Crippen molar-refractivity contribution in [2.24, 2.45) is 22.7 Å². The summed E-state index contributed by atoms with van der Waals surface area (Å²) < 4.78 is 0. The zero-order chi connectivity index (χ0) is 12.3. The van der Waals surface area contributed by atoms with Crippen molar-refractivity contribution in [1.82, 2.24) is 10.2 Å². The predicted octanol–water partition coefficient (Wildman–Crippen LogP) is 1.03. The molecule has 4 heteroatoms. The van der Waals surface area contributed by atoms with Crippen LogP contribution in [-0.4, -0.2) is 41.8 Å². The van der Waals surface area contributed by atoms with Crippen molar-refractivity contribution in [3.05, 3.63) is 0 Å². The van der Waals surface area contributed by atoms with Gasteiger partial charge >= 0.3 is 0 Å². The van der Waals surface area contributed by atoms with E-state index in [1.807, 2.05) is 11.8 Å². The minimum atomic E-state index is -0.382. The van der Waals surface area contributed by atoms with E-state index in [9.17, 15) is 4.79 Å². The highest BCUT2D eigenvalue weighted by Crippen LogP contribution is 2.48. The van der Waals surface area contributed by atoms with Crippen molar-refractivity contribution < 1.29 is 4.79 Å². The molecule has 2 aliphatic heterocycles. The normalized spacial score (nSPS) is 42.8. The van der Waals surface area contributed by atoms with Crippen LogP contribution in [0.25, 0.3) is 0 Å². The fourth-order valence-electron chi connectivity index (χ4n) is 4.14. The Labute approximate surface area is 108 Å². The van der Waals surface area contributed by atoms with Gasteiger partial charge in [0, 0.05) is 19.0 Å². The smallest absolute Gasteiger partial charge is 0.256 e. The molecule has 98 valence electrons. The molecule has 2 saturated carbocycles. The quantitative estimate of drug-likeness (QED) is 0.792. The van der Waals surface area contributed by atoms with Crippen molar-refractivity contribution in [2.45, 2.75) is 38.1 Å². The molecule has 4 aliphatic rings. The van der Waals surface area contributed by atoms with Crippen LogP contribution in [0.3, 0.4) is 0 Å². The van der Waals surface area contributed by atoms with Crippen LogP contribution < -0.4 is 5.32 Å². The molecule has 4 rings (SSSR count). The number of hydrogen-bond donors (Lipinski definition) is 1. The number of fused-ring (bicyclic) bond motifs is 2.